The lowest BCUT2D eigenvalue weighted by molar-refractivity contribution is 0.344. The van der Waals surface area contributed by atoms with E-state index in [1.165, 1.54) is 0 Å². The van der Waals surface area contributed by atoms with Gasteiger partial charge in [0.2, 0.25) is 5.82 Å². The fraction of sp³-hybridized carbons (Fsp3) is 0.143. The molecule has 0 atom stereocenters. The molecule has 0 amide bonds. The molecule has 0 aromatic heterocycles. The predicted octanol–water partition coefficient (Wildman–Crippen LogP) is 3.64. The Labute approximate surface area is 89.1 Å². The fourth-order valence-electron chi connectivity index (χ4n) is 0.764. The number of hydrogen-bond donors (Lipinski definition) is 0. The van der Waals surface area contributed by atoms with Crippen LogP contribution in [0.1, 0.15) is 0 Å². The second kappa shape index (κ2) is 3.88. The minimum absolute atomic E-state index is 0.205. The molecule has 0 aliphatic carbocycles. The summed E-state index contributed by atoms with van der Waals surface area (Å²) in [5, 5.41) is 0. The number of benzene rings is 1. The van der Waals surface area contributed by atoms with Crippen LogP contribution >= 0.6 is 31.9 Å². The van der Waals surface area contributed by atoms with E-state index >= 15 is 0 Å². The molecule has 6 heteroatoms. The Morgan fingerprint density at radius 1 is 0.923 bits per heavy atom. The first-order chi connectivity index (χ1) is 6.00. The van der Waals surface area contributed by atoms with E-state index in [2.05, 4.69) is 36.6 Å². The van der Waals surface area contributed by atoms with Gasteiger partial charge in [0, 0.05) is 0 Å². The van der Waals surface area contributed by atoms with E-state index in [0.29, 0.717) is 0 Å². The van der Waals surface area contributed by atoms with Gasteiger partial charge in [-0.3, -0.25) is 0 Å². The van der Waals surface area contributed by atoms with Crippen LogP contribution in [-0.2, 0) is 0 Å². The largest absolute Gasteiger partial charge is 0.491 e. The fourth-order valence-corrected chi connectivity index (χ4v) is 1.47. The van der Waals surface area contributed by atoms with Crippen molar-refractivity contribution in [3.05, 3.63) is 26.4 Å². The average Bonchev–Trinajstić information content (AvgIpc) is 2.13. The lowest BCUT2D eigenvalue weighted by atomic mass is 10.3. The second-order valence-corrected chi connectivity index (χ2v) is 3.69. The van der Waals surface area contributed by atoms with Crippen LogP contribution in [0.25, 0.3) is 0 Å². The van der Waals surface area contributed by atoms with Gasteiger partial charge >= 0.3 is 0 Å². The summed E-state index contributed by atoms with van der Waals surface area (Å²) in [6, 6.07) is 0. The highest BCUT2D eigenvalue weighted by Crippen LogP contribution is 2.36. The van der Waals surface area contributed by atoms with Crippen molar-refractivity contribution < 1.29 is 17.9 Å². The summed E-state index contributed by atoms with van der Waals surface area (Å²) in [6.07, 6.45) is 0. The molecule has 0 aliphatic heterocycles. The molecule has 0 unspecified atom stereocenters. The van der Waals surface area contributed by atoms with Crippen LogP contribution in [0.2, 0.25) is 0 Å². The molecular weight excluding hydrogens is 317 g/mol. The molecule has 1 aromatic rings. The molecule has 0 heterocycles. The molecule has 0 fully saturated rings. The maximum atomic E-state index is 13.1. The Hall–Kier alpha value is -0.230. The number of rotatable bonds is 1. The van der Waals surface area contributed by atoms with E-state index in [9.17, 15) is 13.2 Å². The topological polar surface area (TPSA) is 9.23 Å². The van der Waals surface area contributed by atoms with Gasteiger partial charge in [-0.05, 0) is 31.9 Å². The van der Waals surface area contributed by atoms with Crippen molar-refractivity contribution in [2.75, 3.05) is 7.11 Å². The zero-order valence-electron chi connectivity index (χ0n) is 6.30. The second-order valence-electron chi connectivity index (χ2n) is 2.10. The van der Waals surface area contributed by atoms with Gasteiger partial charge in [0.1, 0.15) is 0 Å². The number of methoxy groups -OCH3 is 1. The van der Waals surface area contributed by atoms with E-state index in [0.717, 1.165) is 7.11 Å². The molecule has 0 saturated heterocycles. The highest BCUT2D eigenvalue weighted by Gasteiger charge is 2.22. The third kappa shape index (κ3) is 1.69. The lowest BCUT2D eigenvalue weighted by Gasteiger charge is -2.07. The van der Waals surface area contributed by atoms with Crippen molar-refractivity contribution in [2.24, 2.45) is 0 Å². The molecule has 0 spiro atoms. The summed E-state index contributed by atoms with van der Waals surface area (Å²) in [5.41, 5.74) is 0. The molecule has 1 aromatic carbocycles. The molecule has 1 rings (SSSR count). The van der Waals surface area contributed by atoms with Gasteiger partial charge in [0.25, 0.3) is 0 Å². The van der Waals surface area contributed by atoms with Crippen LogP contribution < -0.4 is 4.74 Å². The van der Waals surface area contributed by atoms with Crippen molar-refractivity contribution in [3.63, 3.8) is 0 Å². The lowest BCUT2D eigenvalue weighted by Crippen LogP contribution is -1.98. The number of ether oxygens (including phenoxy) is 1. The van der Waals surface area contributed by atoms with E-state index in [4.69, 9.17) is 0 Å². The van der Waals surface area contributed by atoms with Crippen molar-refractivity contribution in [1.29, 1.82) is 0 Å². The van der Waals surface area contributed by atoms with Gasteiger partial charge in [-0.1, -0.05) is 0 Å². The Bertz CT molecular complexity index is 325. The predicted molar refractivity (Wildman–Crippen MR) is 48.3 cm³/mol. The first kappa shape index (κ1) is 10.8. The molecule has 0 saturated carbocycles. The normalized spacial score (nSPS) is 10.3. The van der Waals surface area contributed by atoms with Crippen LogP contribution in [-0.4, -0.2) is 7.11 Å². The van der Waals surface area contributed by atoms with Gasteiger partial charge in [-0.25, -0.2) is 8.78 Å². The highest BCUT2D eigenvalue weighted by molar-refractivity contribution is 9.13. The van der Waals surface area contributed by atoms with Crippen molar-refractivity contribution >= 4 is 31.9 Å². The zero-order chi connectivity index (χ0) is 10.2. The first-order valence-electron chi connectivity index (χ1n) is 3.06. The van der Waals surface area contributed by atoms with E-state index in [1.54, 1.807) is 0 Å². The smallest absolute Gasteiger partial charge is 0.204 e. The van der Waals surface area contributed by atoms with E-state index < -0.39 is 23.2 Å². The molecule has 0 bridgehead atoms. The molecule has 1 nitrogen and oxygen atoms in total. The Kier molecular flexibility index (Phi) is 3.23. The Balaban J connectivity index is 3.56. The maximum Gasteiger partial charge on any atom is 0.204 e. The highest BCUT2D eigenvalue weighted by atomic mass is 79.9. The minimum Gasteiger partial charge on any atom is -0.491 e. The molecule has 72 valence electrons. The Morgan fingerprint density at radius 3 is 1.85 bits per heavy atom. The van der Waals surface area contributed by atoms with E-state index in [1.807, 2.05) is 0 Å². The molecule has 0 aliphatic rings. The Morgan fingerprint density at radius 2 is 1.38 bits per heavy atom. The summed E-state index contributed by atoms with van der Waals surface area (Å²) in [5.74, 6) is -4.26. The van der Waals surface area contributed by atoms with E-state index in [-0.39, 0.29) is 8.95 Å². The molecule has 13 heavy (non-hydrogen) atoms. The molecular formula is C7H3Br2F3O. The van der Waals surface area contributed by atoms with Gasteiger partial charge in [-0.15, -0.1) is 0 Å². The van der Waals surface area contributed by atoms with Crippen LogP contribution in [0.4, 0.5) is 13.2 Å². The van der Waals surface area contributed by atoms with Gasteiger partial charge in [0.05, 0.1) is 16.1 Å². The number of hydrogen-bond acceptors (Lipinski definition) is 1. The summed E-state index contributed by atoms with van der Waals surface area (Å²) in [6.45, 7) is 0. The van der Waals surface area contributed by atoms with Crippen LogP contribution in [0.5, 0.6) is 5.75 Å². The SMILES string of the molecule is COc1c(F)c(F)c(Br)c(Br)c1F. The van der Waals surface area contributed by atoms with Gasteiger partial charge in [0.15, 0.2) is 17.4 Å². The molecule has 0 N–H and O–H groups in total. The van der Waals surface area contributed by atoms with Gasteiger partial charge in [-0.2, -0.15) is 4.39 Å². The van der Waals surface area contributed by atoms with Crippen molar-refractivity contribution in [3.8, 4) is 5.75 Å². The summed E-state index contributed by atoms with van der Waals surface area (Å²) in [4.78, 5) is 0. The molecule has 0 radical (unpaired) electrons. The monoisotopic (exact) mass is 318 g/mol. The van der Waals surface area contributed by atoms with Gasteiger partial charge < -0.3 is 4.74 Å². The average molecular weight is 320 g/mol. The first-order valence-corrected chi connectivity index (χ1v) is 4.64. The summed E-state index contributed by atoms with van der Waals surface area (Å²) < 4.78 is 42.8. The van der Waals surface area contributed by atoms with Crippen LogP contribution in [0, 0.1) is 17.5 Å². The third-order valence-electron chi connectivity index (χ3n) is 1.37. The summed E-state index contributed by atoms with van der Waals surface area (Å²) in [7, 11) is 1.06. The zero-order valence-corrected chi connectivity index (χ0v) is 9.47. The van der Waals surface area contributed by atoms with Crippen molar-refractivity contribution in [1.82, 2.24) is 0 Å². The third-order valence-corrected chi connectivity index (χ3v) is 3.39. The van der Waals surface area contributed by atoms with Crippen LogP contribution in [0.3, 0.4) is 0 Å². The van der Waals surface area contributed by atoms with Crippen LogP contribution in [0.15, 0.2) is 8.95 Å². The minimum atomic E-state index is -1.35. The number of halogens is 5. The maximum absolute atomic E-state index is 13.1. The van der Waals surface area contributed by atoms with Crippen molar-refractivity contribution in [2.45, 2.75) is 0 Å². The standard InChI is InChI=1S/C7H3Br2F3O/c1-13-7-5(11)3(9)2(8)4(10)6(7)12/h1H3. The summed E-state index contributed by atoms with van der Waals surface area (Å²) >= 11 is 5.43. The quantitative estimate of drug-likeness (QED) is 0.567.